The van der Waals surface area contributed by atoms with Gasteiger partial charge in [0.25, 0.3) is 5.91 Å². The van der Waals surface area contributed by atoms with Crippen LogP contribution in [0, 0.1) is 0 Å². The first-order valence-corrected chi connectivity index (χ1v) is 12.5. The lowest BCUT2D eigenvalue weighted by molar-refractivity contribution is -0.124. The summed E-state index contributed by atoms with van der Waals surface area (Å²) in [5, 5.41) is 4.82. The highest BCUT2D eigenvalue weighted by atomic mass is 32.2. The van der Waals surface area contributed by atoms with E-state index in [0.29, 0.717) is 0 Å². The highest BCUT2D eigenvalue weighted by molar-refractivity contribution is 7.89. The monoisotopic (exact) mass is 470 g/mol. The molecule has 2 N–H and O–H groups in total. The van der Waals surface area contributed by atoms with Crippen molar-refractivity contribution in [2.24, 2.45) is 0 Å². The molecule has 166 valence electrons. The average molecular weight is 471 g/mol. The summed E-state index contributed by atoms with van der Waals surface area (Å²) in [6.07, 6.45) is 1.62. The van der Waals surface area contributed by atoms with Gasteiger partial charge in [-0.3, -0.25) is 4.79 Å². The van der Waals surface area contributed by atoms with Crippen molar-refractivity contribution < 1.29 is 22.7 Å². The second-order valence-electron chi connectivity index (χ2n) is 7.43. The van der Waals surface area contributed by atoms with Crippen LogP contribution >= 0.6 is 11.3 Å². The topological polar surface area (TPSA) is 102 Å². The first kappa shape index (κ1) is 22.2. The van der Waals surface area contributed by atoms with E-state index in [4.69, 9.17) is 4.74 Å². The second-order valence-corrected chi connectivity index (χ2v) is 10.1. The SMILES string of the molecule is O=C(COC(=O)c1cccc(S(=O)(=O)NC2CC2)c1)NC(c1ccccc1)c1cccs1. The Morgan fingerprint density at radius 1 is 1.03 bits per heavy atom. The Hall–Kier alpha value is -3.01. The van der Waals surface area contributed by atoms with E-state index < -0.39 is 28.5 Å². The molecule has 0 radical (unpaired) electrons. The van der Waals surface area contributed by atoms with E-state index in [0.717, 1.165) is 23.3 Å². The molecule has 1 heterocycles. The van der Waals surface area contributed by atoms with E-state index in [9.17, 15) is 18.0 Å². The molecule has 2 aromatic carbocycles. The number of carbonyl (C=O) groups is 2. The number of sulfonamides is 1. The summed E-state index contributed by atoms with van der Waals surface area (Å²) in [5.74, 6) is -1.23. The van der Waals surface area contributed by atoms with Crippen molar-refractivity contribution in [3.63, 3.8) is 0 Å². The molecule has 1 aliphatic rings. The van der Waals surface area contributed by atoms with Crippen LogP contribution in [0.2, 0.25) is 0 Å². The second kappa shape index (κ2) is 9.64. The Bertz CT molecular complexity index is 1190. The van der Waals surface area contributed by atoms with Gasteiger partial charge in [0.15, 0.2) is 6.61 Å². The van der Waals surface area contributed by atoms with E-state index in [-0.39, 0.29) is 22.5 Å². The minimum atomic E-state index is -3.69. The number of amides is 1. The van der Waals surface area contributed by atoms with Crippen molar-refractivity contribution >= 4 is 33.2 Å². The Morgan fingerprint density at radius 2 is 1.81 bits per heavy atom. The van der Waals surface area contributed by atoms with Gasteiger partial charge in [0.05, 0.1) is 16.5 Å². The summed E-state index contributed by atoms with van der Waals surface area (Å²) in [5.41, 5.74) is 0.977. The first-order valence-electron chi connectivity index (χ1n) is 10.1. The number of benzene rings is 2. The Balaban J connectivity index is 1.39. The molecule has 1 saturated carbocycles. The summed E-state index contributed by atoms with van der Waals surface area (Å²) in [6.45, 7) is -0.481. The predicted octanol–water partition coefficient (Wildman–Crippen LogP) is 3.25. The maximum Gasteiger partial charge on any atom is 0.338 e. The van der Waals surface area contributed by atoms with Crippen LogP contribution < -0.4 is 10.0 Å². The maximum atomic E-state index is 12.5. The number of esters is 1. The number of carbonyl (C=O) groups excluding carboxylic acids is 2. The van der Waals surface area contributed by atoms with Gasteiger partial charge in [-0.2, -0.15) is 0 Å². The third-order valence-electron chi connectivity index (χ3n) is 4.88. The van der Waals surface area contributed by atoms with Crippen molar-refractivity contribution in [3.05, 3.63) is 88.1 Å². The van der Waals surface area contributed by atoms with Gasteiger partial charge in [-0.25, -0.2) is 17.9 Å². The van der Waals surface area contributed by atoms with Gasteiger partial charge in [-0.1, -0.05) is 42.5 Å². The lowest BCUT2D eigenvalue weighted by Crippen LogP contribution is -2.32. The maximum absolute atomic E-state index is 12.5. The minimum absolute atomic E-state index is 0.00913. The van der Waals surface area contributed by atoms with Crippen LogP contribution in [0.5, 0.6) is 0 Å². The summed E-state index contributed by atoms with van der Waals surface area (Å²) in [6, 6.07) is 18.5. The molecule has 32 heavy (non-hydrogen) atoms. The van der Waals surface area contributed by atoms with Crippen LogP contribution in [0.1, 0.15) is 39.7 Å². The molecule has 4 rings (SSSR count). The van der Waals surface area contributed by atoms with E-state index in [2.05, 4.69) is 10.0 Å². The average Bonchev–Trinajstić information content (AvgIpc) is 3.43. The van der Waals surface area contributed by atoms with Crippen LogP contribution in [0.15, 0.2) is 77.0 Å². The van der Waals surface area contributed by atoms with E-state index in [1.54, 1.807) is 0 Å². The number of thiophene rings is 1. The fourth-order valence-corrected chi connectivity index (χ4v) is 5.27. The molecule has 0 saturated heterocycles. The van der Waals surface area contributed by atoms with Gasteiger partial charge in [0.1, 0.15) is 0 Å². The van der Waals surface area contributed by atoms with Gasteiger partial charge < -0.3 is 10.1 Å². The first-order chi connectivity index (χ1) is 15.4. The molecule has 0 bridgehead atoms. The van der Waals surface area contributed by atoms with Crippen LogP contribution in [-0.4, -0.2) is 32.9 Å². The van der Waals surface area contributed by atoms with Gasteiger partial charge in [-0.15, -0.1) is 11.3 Å². The molecule has 3 aromatic rings. The molecule has 1 aliphatic carbocycles. The number of hydrogen-bond acceptors (Lipinski definition) is 6. The largest absolute Gasteiger partial charge is 0.452 e. The third kappa shape index (κ3) is 5.61. The molecule has 1 aromatic heterocycles. The lowest BCUT2D eigenvalue weighted by atomic mass is 10.1. The molecule has 1 fully saturated rings. The van der Waals surface area contributed by atoms with Gasteiger partial charge in [0.2, 0.25) is 10.0 Å². The Kier molecular flexibility index (Phi) is 6.69. The van der Waals surface area contributed by atoms with Crippen LogP contribution in [0.25, 0.3) is 0 Å². The zero-order valence-corrected chi connectivity index (χ0v) is 18.7. The molecule has 7 nitrogen and oxygen atoms in total. The predicted molar refractivity (Wildman–Crippen MR) is 121 cm³/mol. The molecule has 0 aliphatic heterocycles. The van der Waals surface area contributed by atoms with Gasteiger partial charge in [0, 0.05) is 10.9 Å². The summed E-state index contributed by atoms with van der Waals surface area (Å²) in [7, 11) is -3.69. The summed E-state index contributed by atoms with van der Waals surface area (Å²) >= 11 is 1.52. The number of hydrogen-bond donors (Lipinski definition) is 2. The zero-order chi connectivity index (χ0) is 22.6. The Labute approximate surface area is 190 Å². The highest BCUT2D eigenvalue weighted by Crippen LogP contribution is 2.26. The summed E-state index contributed by atoms with van der Waals surface area (Å²) in [4.78, 5) is 25.9. The molecule has 0 spiro atoms. The molecule has 1 atom stereocenters. The quantitative estimate of drug-likeness (QED) is 0.468. The van der Waals surface area contributed by atoms with Crippen molar-refractivity contribution in [1.29, 1.82) is 0 Å². The normalized spacial score (nSPS) is 14.5. The highest BCUT2D eigenvalue weighted by Gasteiger charge is 2.28. The summed E-state index contributed by atoms with van der Waals surface area (Å²) < 4.78 is 32.4. The van der Waals surface area contributed by atoms with Crippen molar-refractivity contribution in [1.82, 2.24) is 10.0 Å². The van der Waals surface area contributed by atoms with E-state index >= 15 is 0 Å². The van der Waals surface area contributed by atoms with Crippen LogP contribution in [-0.2, 0) is 19.6 Å². The van der Waals surface area contributed by atoms with Crippen molar-refractivity contribution in [3.8, 4) is 0 Å². The molecule has 9 heteroatoms. The van der Waals surface area contributed by atoms with Gasteiger partial charge in [-0.05, 0) is 48.1 Å². The number of rotatable bonds is 9. The molecular weight excluding hydrogens is 448 g/mol. The smallest absolute Gasteiger partial charge is 0.338 e. The van der Waals surface area contributed by atoms with Crippen LogP contribution in [0.3, 0.4) is 0 Å². The standard InChI is InChI=1S/C23H22N2O5S2/c26-21(24-22(20-10-5-13-31-20)16-6-2-1-3-7-16)15-30-23(27)17-8-4-9-19(14-17)32(28,29)25-18-11-12-18/h1-10,13-14,18,22,25H,11-12,15H2,(H,24,26). The van der Waals surface area contributed by atoms with Crippen LogP contribution in [0.4, 0.5) is 0 Å². The lowest BCUT2D eigenvalue weighted by Gasteiger charge is -2.18. The fourth-order valence-electron chi connectivity index (χ4n) is 3.12. The Morgan fingerprint density at radius 3 is 2.50 bits per heavy atom. The van der Waals surface area contributed by atoms with E-state index in [1.807, 2.05) is 47.8 Å². The van der Waals surface area contributed by atoms with Gasteiger partial charge >= 0.3 is 5.97 Å². The van der Waals surface area contributed by atoms with Crippen molar-refractivity contribution in [2.45, 2.75) is 29.8 Å². The fraction of sp³-hybridized carbons (Fsp3) is 0.217. The third-order valence-corrected chi connectivity index (χ3v) is 7.33. The number of nitrogens with one attached hydrogen (secondary N) is 2. The van der Waals surface area contributed by atoms with E-state index in [1.165, 1.54) is 35.6 Å². The molecular formula is C23H22N2O5S2. The zero-order valence-electron chi connectivity index (χ0n) is 17.1. The molecule has 1 amide bonds. The minimum Gasteiger partial charge on any atom is -0.452 e. The van der Waals surface area contributed by atoms with Crippen molar-refractivity contribution in [2.75, 3.05) is 6.61 Å². The molecule has 1 unspecified atom stereocenters. The number of ether oxygens (including phenoxy) is 1.